The van der Waals surface area contributed by atoms with Gasteiger partial charge in [-0.1, -0.05) is 18.2 Å². The van der Waals surface area contributed by atoms with Crippen LogP contribution in [0.2, 0.25) is 0 Å². The second-order valence-electron chi connectivity index (χ2n) is 8.66. The molecule has 0 saturated carbocycles. The van der Waals surface area contributed by atoms with Crippen LogP contribution in [0.25, 0.3) is 6.08 Å². The number of nitrogens with one attached hydrogen (secondary N) is 1. The predicted molar refractivity (Wildman–Crippen MR) is 134 cm³/mol. The number of nitrogens with zero attached hydrogens (tertiary/aromatic N) is 1. The van der Waals surface area contributed by atoms with Gasteiger partial charge in [0.05, 0.1) is 13.7 Å². The van der Waals surface area contributed by atoms with Gasteiger partial charge >= 0.3 is 0 Å². The van der Waals surface area contributed by atoms with Gasteiger partial charge in [-0.2, -0.15) is 0 Å². The van der Waals surface area contributed by atoms with E-state index in [0.717, 1.165) is 18.5 Å². The SMILES string of the molecule is COc1ccc(NC(=O)/C=C/c2ccc(C)c(C)c2)cc1OCCCN(C(C)C)C(C)C. The van der Waals surface area contributed by atoms with Crippen LogP contribution in [0.3, 0.4) is 0 Å². The fraction of sp³-hybridized carbons (Fsp3) is 0.444. The lowest BCUT2D eigenvalue weighted by molar-refractivity contribution is -0.111. The summed E-state index contributed by atoms with van der Waals surface area (Å²) in [4.78, 5) is 14.8. The van der Waals surface area contributed by atoms with Crippen molar-refractivity contribution in [3.63, 3.8) is 0 Å². The number of carbonyl (C=O) groups excluding carboxylic acids is 1. The molecule has 1 N–H and O–H groups in total. The number of anilines is 1. The Bertz CT molecular complexity index is 911. The minimum absolute atomic E-state index is 0.191. The maximum Gasteiger partial charge on any atom is 0.248 e. The van der Waals surface area contributed by atoms with Crippen molar-refractivity contribution in [2.24, 2.45) is 0 Å². The number of hydrogen-bond donors (Lipinski definition) is 1. The molecule has 2 aromatic rings. The minimum Gasteiger partial charge on any atom is -0.493 e. The van der Waals surface area contributed by atoms with E-state index in [9.17, 15) is 4.79 Å². The zero-order valence-corrected chi connectivity index (χ0v) is 20.6. The summed E-state index contributed by atoms with van der Waals surface area (Å²) < 4.78 is 11.4. The molecule has 0 aliphatic carbocycles. The third kappa shape index (κ3) is 7.72. The van der Waals surface area contributed by atoms with E-state index in [4.69, 9.17) is 9.47 Å². The topological polar surface area (TPSA) is 50.8 Å². The van der Waals surface area contributed by atoms with Crippen molar-refractivity contribution >= 4 is 17.7 Å². The van der Waals surface area contributed by atoms with E-state index in [-0.39, 0.29) is 5.91 Å². The lowest BCUT2D eigenvalue weighted by Crippen LogP contribution is -2.38. The third-order valence-electron chi connectivity index (χ3n) is 5.53. The quantitative estimate of drug-likeness (QED) is 0.353. The Morgan fingerprint density at radius 2 is 1.72 bits per heavy atom. The van der Waals surface area contributed by atoms with Gasteiger partial charge in [0, 0.05) is 36.5 Å². The van der Waals surface area contributed by atoms with E-state index in [2.05, 4.69) is 63.9 Å². The van der Waals surface area contributed by atoms with Crippen LogP contribution < -0.4 is 14.8 Å². The Labute approximate surface area is 193 Å². The van der Waals surface area contributed by atoms with Crippen molar-refractivity contribution in [3.05, 3.63) is 59.2 Å². The van der Waals surface area contributed by atoms with Gasteiger partial charge in [-0.15, -0.1) is 0 Å². The Hall–Kier alpha value is -2.79. The molecule has 32 heavy (non-hydrogen) atoms. The molecular weight excluding hydrogens is 400 g/mol. The number of rotatable bonds is 11. The average molecular weight is 439 g/mol. The predicted octanol–water partition coefficient (Wildman–Crippen LogP) is 5.85. The Morgan fingerprint density at radius 1 is 1.00 bits per heavy atom. The second-order valence-corrected chi connectivity index (χ2v) is 8.66. The number of methoxy groups -OCH3 is 1. The van der Waals surface area contributed by atoms with E-state index in [1.54, 1.807) is 13.2 Å². The van der Waals surface area contributed by atoms with Gasteiger partial charge in [0.1, 0.15) is 0 Å². The summed E-state index contributed by atoms with van der Waals surface area (Å²) in [5.74, 6) is 1.09. The summed E-state index contributed by atoms with van der Waals surface area (Å²) in [6, 6.07) is 12.6. The summed E-state index contributed by atoms with van der Waals surface area (Å²) in [5.41, 5.74) is 4.10. The number of amides is 1. The van der Waals surface area contributed by atoms with E-state index in [1.807, 2.05) is 30.3 Å². The van der Waals surface area contributed by atoms with Crippen molar-refractivity contribution in [1.82, 2.24) is 4.90 Å². The first-order valence-electron chi connectivity index (χ1n) is 11.3. The highest BCUT2D eigenvalue weighted by Crippen LogP contribution is 2.30. The molecule has 1 amide bonds. The summed E-state index contributed by atoms with van der Waals surface area (Å²) in [5, 5.41) is 2.90. The molecule has 0 heterocycles. The van der Waals surface area contributed by atoms with Crippen LogP contribution in [-0.4, -0.2) is 43.2 Å². The molecule has 2 rings (SSSR count). The van der Waals surface area contributed by atoms with Gasteiger partial charge < -0.3 is 14.8 Å². The fourth-order valence-electron chi connectivity index (χ4n) is 3.63. The number of carbonyl (C=O) groups is 1. The highest BCUT2D eigenvalue weighted by atomic mass is 16.5. The number of hydrogen-bond acceptors (Lipinski definition) is 4. The molecule has 5 nitrogen and oxygen atoms in total. The fourth-order valence-corrected chi connectivity index (χ4v) is 3.63. The Kier molecular flexibility index (Phi) is 9.79. The summed E-state index contributed by atoms with van der Waals surface area (Å²) >= 11 is 0. The first-order valence-corrected chi connectivity index (χ1v) is 11.3. The maximum atomic E-state index is 12.4. The van der Waals surface area contributed by atoms with Gasteiger partial charge in [-0.3, -0.25) is 9.69 Å². The van der Waals surface area contributed by atoms with Crippen molar-refractivity contribution in [2.75, 3.05) is 25.6 Å². The van der Waals surface area contributed by atoms with Crippen LogP contribution in [0.15, 0.2) is 42.5 Å². The number of aryl methyl sites for hydroxylation is 2. The summed E-state index contributed by atoms with van der Waals surface area (Å²) in [7, 11) is 1.62. The molecule has 0 atom stereocenters. The molecule has 0 bridgehead atoms. The lowest BCUT2D eigenvalue weighted by Gasteiger charge is -2.30. The molecule has 0 fully saturated rings. The van der Waals surface area contributed by atoms with Crippen molar-refractivity contribution < 1.29 is 14.3 Å². The monoisotopic (exact) mass is 438 g/mol. The van der Waals surface area contributed by atoms with Crippen LogP contribution in [0, 0.1) is 13.8 Å². The first-order chi connectivity index (χ1) is 15.2. The zero-order valence-electron chi connectivity index (χ0n) is 20.6. The maximum absolute atomic E-state index is 12.4. The second kappa shape index (κ2) is 12.3. The number of ether oxygens (including phenoxy) is 2. The molecule has 0 unspecified atom stereocenters. The van der Waals surface area contributed by atoms with Gasteiger partial charge in [-0.25, -0.2) is 0 Å². The molecular formula is C27H38N2O3. The van der Waals surface area contributed by atoms with Crippen LogP contribution in [0.4, 0.5) is 5.69 Å². The van der Waals surface area contributed by atoms with Gasteiger partial charge in [0.15, 0.2) is 11.5 Å². The van der Waals surface area contributed by atoms with E-state index in [0.29, 0.717) is 35.9 Å². The molecule has 0 aliphatic rings. The lowest BCUT2D eigenvalue weighted by atomic mass is 10.1. The van der Waals surface area contributed by atoms with Crippen LogP contribution in [0.1, 0.15) is 50.8 Å². The molecule has 2 aromatic carbocycles. The zero-order chi connectivity index (χ0) is 23.7. The first kappa shape index (κ1) is 25.5. The van der Waals surface area contributed by atoms with Crippen LogP contribution >= 0.6 is 0 Å². The van der Waals surface area contributed by atoms with Gasteiger partial charge in [-0.05, 0) is 82.9 Å². The summed E-state index contributed by atoms with van der Waals surface area (Å²) in [6.45, 7) is 14.5. The Morgan fingerprint density at radius 3 is 2.34 bits per heavy atom. The van der Waals surface area contributed by atoms with Crippen LogP contribution in [-0.2, 0) is 4.79 Å². The molecule has 174 valence electrons. The highest BCUT2D eigenvalue weighted by Gasteiger charge is 2.13. The molecule has 0 aliphatic heterocycles. The Balaban J connectivity index is 1.97. The average Bonchev–Trinajstić information content (AvgIpc) is 2.74. The minimum atomic E-state index is -0.191. The standard InChI is InChI=1S/C27H38N2O3/c1-19(2)29(20(3)4)15-8-16-32-26-18-24(12-13-25(26)31-7)28-27(30)14-11-23-10-9-21(5)22(6)17-23/h9-14,17-20H,8,15-16H2,1-7H3,(H,28,30)/b14-11+. The largest absolute Gasteiger partial charge is 0.493 e. The van der Waals surface area contributed by atoms with E-state index >= 15 is 0 Å². The molecule has 0 saturated heterocycles. The summed E-state index contributed by atoms with van der Waals surface area (Å²) in [6.07, 6.45) is 4.27. The van der Waals surface area contributed by atoms with Crippen molar-refractivity contribution in [1.29, 1.82) is 0 Å². The van der Waals surface area contributed by atoms with Crippen molar-refractivity contribution in [2.45, 2.75) is 60.0 Å². The molecule has 5 heteroatoms. The number of benzene rings is 2. The highest BCUT2D eigenvalue weighted by molar-refractivity contribution is 6.02. The smallest absolute Gasteiger partial charge is 0.248 e. The van der Waals surface area contributed by atoms with E-state index < -0.39 is 0 Å². The van der Waals surface area contributed by atoms with Crippen molar-refractivity contribution in [3.8, 4) is 11.5 Å². The molecule has 0 radical (unpaired) electrons. The van der Waals surface area contributed by atoms with Gasteiger partial charge in [0.2, 0.25) is 5.91 Å². The van der Waals surface area contributed by atoms with Crippen LogP contribution in [0.5, 0.6) is 11.5 Å². The molecule has 0 spiro atoms. The molecule has 0 aromatic heterocycles. The van der Waals surface area contributed by atoms with Gasteiger partial charge in [0.25, 0.3) is 0 Å². The normalized spacial score (nSPS) is 11.6. The third-order valence-corrected chi connectivity index (χ3v) is 5.53. The van der Waals surface area contributed by atoms with E-state index in [1.165, 1.54) is 11.1 Å².